The molecule has 7 heteroatoms. The van der Waals surface area contributed by atoms with Crippen LogP contribution < -0.4 is 5.32 Å². The summed E-state index contributed by atoms with van der Waals surface area (Å²) in [5.41, 5.74) is 0.631. The number of carbonyl (C=O) groups is 3. The van der Waals surface area contributed by atoms with E-state index in [1.807, 2.05) is 0 Å². The highest BCUT2D eigenvalue weighted by atomic mass is 16.7. The van der Waals surface area contributed by atoms with Crippen molar-refractivity contribution in [1.29, 1.82) is 0 Å². The molecule has 2 rings (SSSR count). The first-order chi connectivity index (χ1) is 9.95. The molecule has 21 heavy (non-hydrogen) atoms. The number of carbonyl (C=O) groups excluding carboxylic acids is 3. The van der Waals surface area contributed by atoms with Crippen LogP contribution in [0.1, 0.15) is 26.2 Å². The molecular formula is C14H15NO6. The van der Waals surface area contributed by atoms with Crippen LogP contribution in [0.5, 0.6) is 0 Å². The van der Waals surface area contributed by atoms with E-state index in [0.29, 0.717) is 12.0 Å². The van der Waals surface area contributed by atoms with Gasteiger partial charge >= 0.3 is 5.97 Å². The van der Waals surface area contributed by atoms with Crippen molar-refractivity contribution in [2.24, 2.45) is 0 Å². The fourth-order valence-electron chi connectivity index (χ4n) is 1.95. The van der Waals surface area contributed by atoms with E-state index in [9.17, 15) is 19.5 Å². The number of hydrogen-bond acceptors (Lipinski definition) is 6. The Hall–Kier alpha value is -2.57. The number of allylic oxidation sites excluding steroid dienone is 3. The van der Waals surface area contributed by atoms with E-state index in [1.54, 1.807) is 0 Å². The Morgan fingerprint density at radius 1 is 1.48 bits per heavy atom. The van der Waals surface area contributed by atoms with Crippen LogP contribution in [0.3, 0.4) is 0 Å². The molecule has 2 N–H and O–H groups in total. The zero-order chi connectivity index (χ0) is 15.4. The van der Waals surface area contributed by atoms with Gasteiger partial charge in [-0.05, 0) is 5.57 Å². The zero-order valence-corrected chi connectivity index (χ0v) is 11.4. The van der Waals surface area contributed by atoms with E-state index in [4.69, 9.17) is 9.47 Å². The Morgan fingerprint density at radius 2 is 2.24 bits per heavy atom. The Labute approximate surface area is 120 Å². The van der Waals surface area contributed by atoms with Crippen molar-refractivity contribution in [3.8, 4) is 0 Å². The molecule has 0 aromatic rings. The van der Waals surface area contributed by atoms with Gasteiger partial charge in [-0.2, -0.15) is 0 Å². The van der Waals surface area contributed by atoms with Gasteiger partial charge in [-0.3, -0.25) is 14.4 Å². The second-order valence-electron chi connectivity index (χ2n) is 4.64. The first-order valence-corrected chi connectivity index (χ1v) is 6.42. The number of aliphatic hydroxyl groups is 1. The monoisotopic (exact) mass is 293 g/mol. The van der Waals surface area contributed by atoms with Gasteiger partial charge in [0.1, 0.15) is 11.5 Å². The van der Waals surface area contributed by atoms with Crippen LogP contribution in [0.4, 0.5) is 0 Å². The summed E-state index contributed by atoms with van der Waals surface area (Å²) in [4.78, 5) is 33.8. The van der Waals surface area contributed by atoms with E-state index in [-0.39, 0.29) is 30.1 Å². The Morgan fingerprint density at radius 3 is 2.86 bits per heavy atom. The fraction of sp³-hybridized carbons (Fsp3) is 0.357. The number of esters is 1. The van der Waals surface area contributed by atoms with Crippen LogP contribution in [-0.4, -0.2) is 29.1 Å². The minimum Gasteiger partial charge on any atom is -0.510 e. The van der Waals surface area contributed by atoms with Crippen molar-refractivity contribution >= 4 is 17.7 Å². The summed E-state index contributed by atoms with van der Waals surface area (Å²) < 4.78 is 9.94. The van der Waals surface area contributed by atoms with Gasteiger partial charge in [-0.25, -0.2) is 0 Å². The van der Waals surface area contributed by atoms with Crippen LogP contribution in [0.2, 0.25) is 0 Å². The van der Waals surface area contributed by atoms with E-state index >= 15 is 0 Å². The van der Waals surface area contributed by atoms with Gasteiger partial charge in [0, 0.05) is 32.3 Å². The van der Waals surface area contributed by atoms with E-state index in [2.05, 4.69) is 5.32 Å². The summed E-state index contributed by atoms with van der Waals surface area (Å²) in [5.74, 6) is -1.35. The lowest BCUT2D eigenvalue weighted by molar-refractivity contribution is -0.163. The number of nitrogens with one attached hydrogen (secondary N) is 1. The zero-order valence-electron chi connectivity index (χ0n) is 11.4. The van der Waals surface area contributed by atoms with Crippen molar-refractivity contribution in [2.45, 2.75) is 32.5 Å². The van der Waals surface area contributed by atoms with Gasteiger partial charge in [-0.1, -0.05) is 6.08 Å². The highest BCUT2D eigenvalue weighted by Gasteiger charge is 2.24. The standard InChI is InChI=1S/C14H15NO6/c1-8(16)21-13-6-9(7-20-13)2-5-12(19)15-14-10(17)3-4-11(14)18/h2,5,7,13,17H,3-4,6H2,1H3,(H,15,19)/b5-2+. The molecule has 1 unspecified atom stereocenters. The predicted molar refractivity (Wildman–Crippen MR) is 70.5 cm³/mol. The first-order valence-electron chi connectivity index (χ1n) is 6.42. The number of aliphatic hydroxyl groups excluding tert-OH is 1. The van der Waals surface area contributed by atoms with Gasteiger partial charge in [-0.15, -0.1) is 0 Å². The lowest BCUT2D eigenvalue weighted by atomic mass is 10.2. The van der Waals surface area contributed by atoms with Crippen molar-refractivity contribution in [3.63, 3.8) is 0 Å². The highest BCUT2D eigenvalue weighted by Crippen LogP contribution is 2.20. The number of ether oxygens (including phenoxy) is 2. The maximum absolute atomic E-state index is 11.7. The third-order valence-corrected chi connectivity index (χ3v) is 2.92. The molecule has 112 valence electrons. The van der Waals surface area contributed by atoms with Gasteiger partial charge in [0.25, 0.3) is 0 Å². The second kappa shape index (κ2) is 6.25. The summed E-state index contributed by atoms with van der Waals surface area (Å²) >= 11 is 0. The molecule has 1 heterocycles. The molecule has 0 bridgehead atoms. The molecule has 0 radical (unpaired) electrons. The SMILES string of the molecule is CC(=O)OC1CC(/C=C/C(=O)NC2=C(O)CCC2=O)=CO1. The molecule has 7 nitrogen and oxygen atoms in total. The lowest BCUT2D eigenvalue weighted by Crippen LogP contribution is -2.24. The second-order valence-corrected chi connectivity index (χ2v) is 4.64. The Kier molecular flexibility index (Phi) is 4.42. The Balaban J connectivity index is 1.85. The maximum Gasteiger partial charge on any atom is 0.305 e. The minimum atomic E-state index is -0.673. The van der Waals surface area contributed by atoms with Crippen molar-refractivity contribution in [3.05, 3.63) is 35.4 Å². The normalized spacial score (nSPS) is 21.5. The van der Waals surface area contributed by atoms with Gasteiger partial charge in [0.2, 0.25) is 12.2 Å². The molecule has 1 aliphatic carbocycles. The molecule has 0 spiro atoms. The van der Waals surface area contributed by atoms with Crippen LogP contribution in [0, 0.1) is 0 Å². The third kappa shape index (κ3) is 3.95. The molecule has 1 aliphatic heterocycles. The third-order valence-electron chi connectivity index (χ3n) is 2.92. The molecule has 0 aromatic carbocycles. The number of ketones is 1. The number of amides is 1. The maximum atomic E-state index is 11.7. The summed E-state index contributed by atoms with van der Waals surface area (Å²) in [6, 6.07) is 0. The Bertz CT molecular complexity index is 572. The highest BCUT2D eigenvalue weighted by molar-refractivity contribution is 6.03. The predicted octanol–water partition coefficient (Wildman–Crippen LogP) is 0.985. The summed E-state index contributed by atoms with van der Waals surface area (Å²) in [5, 5.41) is 11.8. The van der Waals surface area contributed by atoms with Crippen molar-refractivity contribution < 1.29 is 29.0 Å². The van der Waals surface area contributed by atoms with Gasteiger partial charge < -0.3 is 19.9 Å². The van der Waals surface area contributed by atoms with E-state index < -0.39 is 18.2 Å². The molecular weight excluding hydrogens is 278 g/mol. The number of rotatable bonds is 4. The average molecular weight is 293 g/mol. The fourth-order valence-corrected chi connectivity index (χ4v) is 1.95. The van der Waals surface area contributed by atoms with Crippen LogP contribution in [0.15, 0.2) is 35.4 Å². The molecule has 0 aromatic heterocycles. The molecule has 1 amide bonds. The van der Waals surface area contributed by atoms with E-state index in [1.165, 1.54) is 25.3 Å². The van der Waals surface area contributed by atoms with Crippen LogP contribution in [-0.2, 0) is 23.9 Å². The van der Waals surface area contributed by atoms with Crippen LogP contribution in [0.25, 0.3) is 0 Å². The quantitative estimate of drug-likeness (QED) is 0.592. The average Bonchev–Trinajstić information content (AvgIpc) is 2.97. The lowest BCUT2D eigenvalue weighted by Gasteiger charge is -2.08. The largest absolute Gasteiger partial charge is 0.510 e. The number of Topliss-reactive ketones (excluding diaryl/α,β-unsaturated/α-hetero) is 1. The molecule has 0 saturated heterocycles. The summed E-state index contributed by atoms with van der Waals surface area (Å²) in [6.07, 6.45) is 4.24. The molecule has 2 aliphatic rings. The van der Waals surface area contributed by atoms with Crippen molar-refractivity contribution in [2.75, 3.05) is 0 Å². The molecule has 0 fully saturated rings. The molecule has 1 atom stereocenters. The smallest absolute Gasteiger partial charge is 0.305 e. The summed E-state index contributed by atoms with van der Waals surface area (Å²) in [7, 11) is 0. The van der Waals surface area contributed by atoms with Gasteiger partial charge in [0.15, 0.2) is 5.78 Å². The molecule has 0 saturated carbocycles. The topological polar surface area (TPSA) is 102 Å². The first kappa shape index (κ1) is 14.8. The van der Waals surface area contributed by atoms with Gasteiger partial charge in [0.05, 0.1) is 6.26 Å². The van der Waals surface area contributed by atoms with Crippen molar-refractivity contribution in [1.82, 2.24) is 5.32 Å². The number of hydrogen-bond donors (Lipinski definition) is 2. The van der Waals surface area contributed by atoms with Crippen LogP contribution >= 0.6 is 0 Å². The minimum absolute atomic E-state index is 0.0425. The van der Waals surface area contributed by atoms with E-state index in [0.717, 1.165) is 0 Å². The summed E-state index contributed by atoms with van der Waals surface area (Å²) in [6.45, 7) is 1.28.